The van der Waals surface area contributed by atoms with Crippen LogP contribution in [-0.4, -0.2) is 6.29 Å². The van der Waals surface area contributed by atoms with Gasteiger partial charge < -0.3 is 4.79 Å². The van der Waals surface area contributed by atoms with Gasteiger partial charge in [0.1, 0.15) is 6.29 Å². The van der Waals surface area contributed by atoms with E-state index in [0.717, 1.165) is 30.5 Å². The van der Waals surface area contributed by atoms with Crippen LogP contribution < -0.4 is 0 Å². The third kappa shape index (κ3) is 1.02. The summed E-state index contributed by atoms with van der Waals surface area (Å²) in [6.45, 7) is 4.78. The molecule has 0 radical (unpaired) electrons. The Bertz CT molecular complexity index is 181. The summed E-state index contributed by atoms with van der Waals surface area (Å²) in [6, 6.07) is 0. The van der Waals surface area contributed by atoms with Crippen LogP contribution in [0.1, 0.15) is 39.5 Å². The molecule has 0 aromatic carbocycles. The first-order chi connectivity index (χ1) is 5.64. The molecule has 0 heterocycles. The molecule has 3 saturated carbocycles. The van der Waals surface area contributed by atoms with Crippen molar-refractivity contribution in [1.82, 2.24) is 0 Å². The second kappa shape index (κ2) is 2.58. The normalized spacial score (nSPS) is 43.3. The van der Waals surface area contributed by atoms with Crippen LogP contribution >= 0.6 is 0 Å². The van der Waals surface area contributed by atoms with Gasteiger partial charge in [0.05, 0.1) is 0 Å². The summed E-state index contributed by atoms with van der Waals surface area (Å²) >= 11 is 0. The maximum absolute atomic E-state index is 10.4. The van der Waals surface area contributed by atoms with E-state index in [4.69, 9.17) is 0 Å². The highest BCUT2D eigenvalue weighted by Gasteiger charge is 2.52. The first-order valence-corrected chi connectivity index (χ1v) is 5.08. The smallest absolute Gasteiger partial charge is 0.120 e. The summed E-state index contributed by atoms with van der Waals surface area (Å²) < 4.78 is 0. The highest BCUT2D eigenvalue weighted by molar-refractivity contribution is 5.49. The van der Waals surface area contributed by atoms with Crippen molar-refractivity contribution < 1.29 is 4.79 Å². The highest BCUT2D eigenvalue weighted by Crippen LogP contribution is 2.60. The van der Waals surface area contributed by atoms with E-state index < -0.39 is 0 Å². The first-order valence-electron chi connectivity index (χ1n) is 5.08. The lowest BCUT2D eigenvalue weighted by atomic mass is 9.46. The van der Waals surface area contributed by atoms with Crippen molar-refractivity contribution in [1.29, 1.82) is 0 Å². The minimum Gasteiger partial charge on any atom is -0.303 e. The van der Waals surface area contributed by atoms with Crippen molar-refractivity contribution >= 4 is 6.29 Å². The second-order valence-corrected chi connectivity index (χ2v) is 5.19. The molecule has 1 nitrogen and oxygen atoms in total. The van der Waals surface area contributed by atoms with Crippen molar-refractivity contribution in [3.05, 3.63) is 0 Å². The number of hydrogen-bond acceptors (Lipinski definition) is 1. The molecule has 3 aliphatic carbocycles. The Morgan fingerprint density at radius 1 is 1.25 bits per heavy atom. The van der Waals surface area contributed by atoms with E-state index in [1.807, 2.05) is 0 Å². The summed E-state index contributed by atoms with van der Waals surface area (Å²) in [4.78, 5) is 10.4. The fourth-order valence-electron chi connectivity index (χ4n) is 3.15. The molecule has 3 atom stereocenters. The molecule has 0 spiro atoms. The Labute approximate surface area is 74.5 Å². The van der Waals surface area contributed by atoms with Gasteiger partial charge in [0.25, 0.3) is 0 Å². The average molecular weight is 166 g/mol. The molecular formula is C11H18O. The zero-order valence-corrected chi connectivity index (χ0v) is 8.05. The first kappa shape index (κ1) is 8.28. The molecule has 2 unspecified atom stereocenters. The lowest BCUT2D eigenvalue weighted by Gasteiger charge is -2.58. The van der Waals surface area contributed by atoms with Gasteiger partial charge in [-0.15, -0.1) is 0 Å². The van der Waals surface area contributed by atoms with Gasteiger partial charge in [0.15, 0.2) is 0 Å². The Hall–Kier alpha value is -0.330. The van der Waals surface area contributed by atoms with Gasteiger partial charge in [-0.3, -0.25) is 0 Å². The molecule has 3 aliphatic rings. The van der Waals surface area contributed by atoms with Gasteiger partial charge in [-0.1, -0.05) is 13.8 Å². The Balaban J connectivity index is 1.96. The van der Waals surface area contributed by atoms with Gasteiger partial charge in [-0.2, -0.15) is 0 Å². The fraction of sp³-hybridized carbons (Fsp3) is 0.909. The number of aldehydes is 1. The Kier molecular flexibility index (Phi) is 1.78. The molecule has 2 bridgehead atoms. The summed E-state index contributed by atoms with van der Waals surface area (Å²) in [6.07, 6.45) is 5.96. The molecule has 0 N–H and O–H groups in total. The quantitative estimate of drug-likeness (QED) is 0.576. The van der Waals surface area contributed by atoms with Crippen LogP contribution in [0.15, 0.2) is 0 Å². The zero-order chi connectivity index (χ0) is 8.77. The molecule has 0 aliphatic heterocycles. The summed E-state index contributed by atoms with van der Waals surface area (Å²) in [5.41, 5.74) is 0.597. The monoisotopic (exact) mass is 166 g/mol. The van der Waals surface area contributed by atoms with Crippen LogP contribution in [0.25, 0.3) is 0 Å². The number of rotatable bonds is 2. The highest BCUT2D eigenvalue weighted by atomic mass is 16.1. The van der Waals surface area contributed by atoms with Crippen LogP contribution in [0.4, 0.5) is 0 Å². The number of carbonyl (C=O) groups is 1. The van der Waals surface area contributed by atoms with Crippen LogP contribution in [0.5, 0.6) is 0 Å². The van der Waals surface area contributed by atoms with E-state index >= 15 is 0 Å². The SMILES string of the molecule is CC1(C)C2CC(CC=O)C[C@H]1C2. The van der Waals surface area contributed by atoms with Crippen molar-refractivity contribution in [2.75, 3.05) is 0 Å². The number of carbonyl (C=O) groups excluding carboxylic acids is 1. The molecule has 3 fully saturated rings. The maximum Gasteiger partial charge on any atom is 0.120 e. The minimum absolute atomic E-state index is 0.597. The summed E-state index contributed by atoms with van der Waals surface area (Å²) in [5.74, 6) is 2.56. The van der Waals surface area contributed by atoms with E-state index in [9.17, 15) is 4.79 Å². The van der Waals surface area contributed by atoms with Crippen molar-refractivity contribution in [2.45, 2.75) is 39.5 Å². The molecule has 0 amide bonds. The van der Waals surface area contributed by atoms with E-state index in [-0.39, 0.29) is 0 Å². The molecule has 0 aromatic heterocycles. The van der Waals surface area contributed by atoms with Gasteiger partial charge in [0.2, 0.25) is 0 Å². The Morgan fingerprint density at radius 3 is 2.25 bits per heavy atom. The fourth-order valence-corrected chi connectivity index (χ4v) is 3.15. The zero-order valence-electron chi connectivity index (χ0n) is 8.05. The van der Waals surface area contributed by atoms with Crippen LogP contribution in [-0.2, 0) is 4.79 Å². The molecule has 0 aromatic rings. The molecule has 12 heavy (non-hydrogen) atoms. The molecular weight excluding hydrogens is 148 g/mol. The molecule has 68 valence electrons. The summed E-state index contributed by atoms with van der Waals surface area (Å²) in [7, 11) is 0. The predicted octanol–water partition coefficient (Wildman–Crippen LogP) is 2.65. The molecule has 0 saturated heterocycles. The third-order valence-corrected chi connectivity index (χ3v) is 4.34. The third-order valence-electron chi connectivity index (χ3n) is 4.34. The largest absolute Gasteiger partial charge is 0.303 e. The van der Waals surface area contributed by atoms with Crippen LogP contribution in [0, 0.1) is 23.2 Å². The van der Waals surface area contributed by atoms with Crippen LogP contribution in [0.2, 0.25) is 0 Å². The standard InChI is InChI=1S/C11H18O/c1-11(2)9-5-8(3-4-12)6-10(11)7-9/h4,8-10H,3,5-7H2,1-2H3/t8?,9-,10?/m0/s1. The predicted molar refractivity (Wildman–Crippen MR) is 48.8 cm³/mol. The minimum atomic E-state index is 0.597. The topological polar surface area (TPSA) is 17.1 Å². The van der Waals surface area contributed by atoms with Crippen molar-refractivity contribution in [2.24, 2.45) is 23.2 Å². The van der Waals surface area contributed by atoms with E-state index in [2.05, 4.69) is 13.8 Å². The summed E-state index contributed by atoms with van der Waals surface area (Å²) in [5, 5.41) is 0. The van der Waals surface area contributed by atoms with Gasteiger partial charge >= 0.3 is 0 Å². The van der Waals surface area contributed by atoms with E-state index in [1.165, 1.54) is 19.3 Å². The van der Waals surface area contributed by atoms with Gasteiger partial charge in [-0.25, -0.2) is 0 Å². The average Bonchev–Trinajstić information content (AvgIpc) is 2.05. The lowest BCUT2D eigenvalue weighted by Crippen LogP contribution is -2.50. The van der Waals surface area contributed by atoms with Crippen molar-refractivity contribution in [3.63, 3.8) is 0 Å². The van der Waals surface area contributed by atoms with E-state index in [0.29, 0.717) is 5.41 Å². The van der Waals surface area contributed by atoms with E-state index in [1.54, 1.807) is 0 Å². The van der Waals surface area contributed by atoms with Crippen LogP contribution in [0.3, 0.4) is 0 Å². The van der Waals surface area contributed by atoms with Crippen molar-refractivity contribution in [3.8, 4) is 0 Å². The van der Waals surface area contributed by atoms with Gasteiger partial charge in [0, 0.05) is 6.42 Å². The maximum atomic E-state index is 10.4. The lowest BCUT2D eigenvalue weighted by molar-refractivity contribution is -0.115. The number of hydrogen-bond donors (Lipinski definition) is 0. The second-order valence-electron chi connectivity index (χ2n) is 5.19. The molecule has 1 heteroatoms. The Morgan fingerprint density at radius 2 is 1.83 bits per heavy atom. The van der Waals surface area contributed by atoms with Gasteiger partial charge in [-0.05, 0) is 42.4 Å². The molecule has 3 rings (SSSR count). The number of fused-ring (bicyclic) bond motifs is 2.